The van der Waals surface area contributed by atoms with E-state index in [0.717, 1.165) is 5.56 Å². The Kier molecular flexibility index (Phi) is 5.36. The van der Waals surface area contributed by atoms with Gasteiger partial charge in [0.2, 0.25) is 0 Å². The molecule has 3 rings (SSSR count). The van der Waals surface area contributed by atoms with Crippen LogP contribution in [0.4, 0.5) is 5.82 Å². The maximum Gasteiger partial charge on any atom is 0.263 e. The summed E-state index contributed by atoms with van der Waals surface area (Å²) in [7, 11) is 0. The van der Waals surface area contributed by atoms with Crippen molar-refractivity contribution in [3.05, 3.63) is 76.9 Å². The highest BCUT2D eigenvalue weighted by atomic mass is 35.5. The molecule has 0 bridgehead atoms. The molecule has 3 aromatic rings. The first-order chi connectivity index (χ1) is 12.1. The number of nitrogens with one attached hydrogen (secondary N) is 1. The van der Waals surface area contributed by atoms with Crippen molar-refractivity contribution in [3.8, 4) is 5.75 Å². The molecule has 1 aromatic heterocycles. The largest absolute Gasteiger partial charge is 0.484 e. The van der Waals surface area contributed by atoms with Crippen LogP contribution < -0.4 is 10.1 Å². The van der Waals surface area contributed by atoms with Crippen LogP contribution in [-0.2, 0) is 11.3 Å². The molecule has 1 N–H and O–H groups in total. The number of carbonyl (C=O) groups excluding carboxylic acids is 1. The topological polar surface area (TPSA) is 56.2 Å². The minimum Gasteiger partial charge on any atom is -0.484 e. The SMILES string of the molecule is Cc1ccc(Cn2ccc(NC(=O)COc3ccc(Cl)cc3)n2)cc1. The van der Waals surface area contributed by atoms with Crippen molar-refractivity contribution < 1.29 is 9.53 Å². The Hall–Kier alpha value is -2.79. The van der Waals surface area contributed by atoms with Crippen LogP contribution in [0.25, 0.3) is 0 Å². The first kappa shape index (κ1) is 17.0. The van der Waals surface area contributed by atoms with Gasteiger partial charge in [-0.2, -0.15) is 5.10 Å². The van der Waals surface area contributed by atoms with Gasteiger partial charge in [-0.15, -0.1) is 0 Å². The van der Waals surface area contributed by atoms with Crippen molar-refractivity contribution in [2.24, 2.45) is 0 Å². The van der Waals surface area contributed by atoms with Crippen LogP contribution in [0.5, 0.6) is 5.75 Å². The number of aromatic nitrogens is 2. The van der Waals surface area contributed by atoms with Gasteiger partial charge in [-0.05, 0) is 36.8 Å². The molecule has 0 fully saturated rings. The lowest BCUT2D eigenvalue weighted by Crippen LogP contribution is -2.20. The molecule has 0 saturated heterocycles. The molecule has 0 spiro atoms. The van der Waals surface area contributed by atoms with E-state index >= 15 is 0 Å². The second kappa shape index (κ2) is 7.85. The normalized spacial score (nSPS) is 10.5. The fourth-order valence-electron chi connectivity index (χ4n) is 2.26. The van der Waals surface area contributed by atoms with Gasteiger partial charge in [0.05, 0.1) is 6.54 Å². The van der Waals surface area contributed by atoms with Gasteiger partial charge in [-0.1, -0.05) is 41.4 Å². The van der Waals surface area contributed by atoms with Crippen molar-refractivity contribution in [2.45, 2.75) is 13.5 Å². The molecule has 25 heavy (non-hydrogen) atoms. The summed E-state index contributed by atoms with van der Waals surface area (Å²) < 4.78 is 7.18. The summed E-state index contributed by atoms with van der Waals surface area (Å²) in [5.41, 5.74) is 2.37. The number of anilines is 1. The van der Waals surface area contributed by atoms with Crippen molar-refractivity contribution in [2.75, 3.05) is 11.9 Å². The standard InChI is InChI=1S/C19H18ClN3O2/c1-14-2-4-15(5-3-14)12-23-11-10-18(22-23)21-19(24)13-25-17-8-6-16(20)7-9-17/h2-11H,12-13H2,1H3,(H,21,22,24). The zero-order valence-corrected chi connectivity index (χ0v) is 14.5. The van der Waals surface area contributed by atoms with E-state index in [1.54, 1.807) is 35.0 Å². The summed E-state index contributed by atoms with van der Waals surface area (Å²) in [5.74, 6) is 0.816. The molecule has 1 heterocycles. The predicted octanol–water partition coefficient (Wildman–Crippen LogP) is 3.91. The fourth-order valence-corrected chi connectivity index (χ4v) is 2.38. The van der Waals surface area contributed by atoms with Gasteiger partial charge >= 0.3 is 0 Å². The smallest absolute Gasteiger partial charge is 0.263 e. The Morgan fingerprint density at radius 3 is 2.56 bits per heavy atom. The van der Waals surface area contributed by atoms with E-state index in [1.807, 2.05) is 6.20 Å². The number of halogens is 1. The maximum absolute atomic E-state index is 11.9. The van der Waals surface area contributed by atoms with Crippen LogP contribution >= 0.6 is 11.6 Å². The molecule has 5 nitrogen and oxygen atoms in total. The molecule has 1 amide bonds. The third-order valence-corrected chi connectivity index (χ3v) is 3.81. The monoisotopic (exact) mass is 355 g/mol. The highest BCUT2D eigenvalue weighted by Gasteiger charge is 2.07. The van der Waals surface area contributed by atoms with E-state index in [0.29, 0.717) is 23.1 Å². The minimum atomic E-state index is -0.268. The van der Waals surface area contributed by atoms with Crippen molar-refractivity contribution in [1.29, 1.82) is 0 Å². The van der Waals surface area contributed by atoms with Gasteiger partial charge in [0, 0.05) is 17.3 Å². The number of rotatable bonds is 6. The van der Waals surface area contributed by atoms with Gasteiger partial charge in [-0.25, -0.2) is 0 Å². The summed E-state index contributed by atoms with van der Waals surface area (Å²) in [4.78, 5) is 11.9. The first-order valence-corrected chi connectivity index (χ1v) is 8.23. The third-order valence-electron chi connectivity index (χ3n) is 3.56. The highest BCUT2D eigenvalue weighted by Crippen LogP contribution is 2.15. The lowest BCUT2D eigenvalue weighted by Gasteiger charge is -2.06. The molecule has 0 aliphatic carbocycles. The van der Waals surface area contributed by atoms with Crippen LogP contribution in [0.1, 0.15) is 11.1 Å². The molecule has 6 heteroatoms. The zero-order chi connectivity index (χ0) is 17.6. The lowest BCUT2D eigenvalue weighted by atomic mass is 10.1. The molecule has 0 aliphatic rings. The van der Waals surface area contributed by atoms with Crippen molar-refractivity contribution in [1.82, 2.24) is 9.78 Å². The summed E-state index contributed by atoms with van der Waals surface area (Å²) in [6, 6.07) is 16.9. The zero-order valence-electron chi connectivity index (χ0n) is 13.8. The molecule has 0 aliphatic heterocycles. The van der Waals surface area contributed by atoms with Gasteiger partial charge in [0.25, 0.3) is 5.91 Å². The molecule has 0 radical (unpaired) electrons. The summed E-state index contributed by atoms with van der Waals surface area (Å²) in [6.45, 7) is 2.61. The summed E-state index contributed by atoms with van der Waals surface area (Å²) in [6.07, 6.45) is 1.83. The number of hydrogen-bond donors (Lipinski definition) is 1. The van der Waals surface area contributed by atoms with Crippen molar-refractivity contribution in [3.63, 3.8) is 0 Å². The van der Waals surface area contributed by atoms with E-state index in [9.17, 15) is 4.79 Å². The average Bonchev–Trinajstić information content (AvgIpc) is 3.03. The summed E-state index contributed by atoms with van der Waals surface area (Å²) in [5, 5.41) is 7.68. The van der Waals surface area contributed by atoms with Crippen LogP contribution in [0.3, 0.4) is 0 Å². The van der Waals surface area contributed by atoms with Gasteiger partial charge < -0.3 is 10.1 Å². The van der Waals surface area contributed by atoms with Crippen LogP contribution in [-0.4, -0.2) is 22.3 Å². The van der Waals surface area contributed by atoms with Gasteiger partial charge in [0.15, 0.2) is 12.4 Å². The van der Waals surface area contributed by atoms with Gasteiger partial charge in [0.1, 0.15) is 5.75 Å². The molecular formula is C19H18ClN3O2. The number of carbonyl (C=O) groups is 1. The van der Waals surface area contributed by atoms with Crippen LogP contribution in [0.2, 0.25) is 5.02 Å². The predicted molar refractivity (Wildman–Crippen MR) is 98.1 cm³/mol. The minimum absolute atomic E-state index is 0.0908. The van der Waals surface area contributed by atoms with E-state index in [-0.39, 0.29) is 12.5 Å². The Morgan fingerprint density at radius 1 is 1.12 bits per heavy atom. The quantitative estimate of drug-likeness (QED) is 0.729. The molecule has 0 atom stereocenters. The first-order valence-electron chi connectivity index (χ1n) is 7.86. The molecule has 0 unspecified atom stereocenters. The van der Waals surface area contributed by atoms with E-state index in [4.69, 9.17) is 16.3 Å². The number of nitrogens with zero attached hydrogens (tertiary/aromatic N) is 2. The second-order valence-electron chi connectivity index (χ2n) is 5.67. The van der Waals surface area contributed by atoms with E-state index in [1.165, 1.54) is 5.56 Å². The molecule has 128 valence electrons. The Labute approximate surface area is 151 Å². The van der Waals surface area contributed by atoms with Crippen molar-refractivity contribution >= 4 is 23.3 Å². The van der Waals surface area contributed by atoms with Crippen LogP contribution in [0.15, 0.2) is 60.8 Å². The number of hydrogen-bond acceptors (Lipinski definition) is 3. The highest BCUT2D eigenvalue weighted by molar-refractivity contribution is 6.30. The molecular weight excluding hydrogens is 338 g/mol. The average molecular weight is 356 g/mol. The van der Waals surface area contributed by atoms with E-state index < -0.39 is 0 Å². The fraction of sp³-hybridized carbons (Fsp3) is 0.158. The third kappa shape index (κ3) is 5.09. The second-order valence-corrected chi connectivity index (χ2v) is 6.11. The number of amides is 1. The maximum atomic E-state index is 11.9. The Bertz CT molecular complexity index is 842. The number of ether oxygens (including phenoxy) is 1. The lowest BCUT2D eigenvalue weighted by molar-refractivity contribution is -0.118. The number of aryl methyl sites for hydroxylation is 1. The van der Waals surface area contributed by atoms with Gasteiger partial charge in [-0.3, -0.25) is 9.48 Å². The van der Waals surface area contributed by atoms with E-state index in [2.05, 4.69) is 41.6 Å². The Balaban J connectivity index is 1.51. The van der Waals surface area contributed by atoms with Crippen LogP contribution in [0, 0.1) is 6.92 Å². The molecule has 0 saturated carbocycles. The Morgan fingerprint density at radius 2 is 1.84 bits per heavy atom. The summed E-state index contributed by atoms with van der Waals surface area (Å²) >= 11 is 5.80. The number of benzene rings is 2. The molecule has 2 aromatic carbocycles.